The van der Waals surface area contributed by atoms with Crippen LogP contribution < -0.4 is 9.47 Å². The molecule has 1 aliphatic rings. The lowest BCUT2D eigenvalue weighted by molar-refractivity contribution is -0.130. The lowest BCUT2D eigenvalue weighted by Gasteiger charge is -2.15. The Labute approximate surface area is 124 Å². The van der Waals surface area contributed by atoms with Crippen molar-refractivity contribution in [2.75, 3.05) is 14.2 Å². The van der Waals surface area contributed by atoms with Crippen LogP contribution in [-0.4, -0.2) is 26.1 Å². The summed E-state index contributed by atoms with van der Waals surface area (Å²) in [6.07, 6.45) is 1.65. The first-order chi connectivity index (χ1) is 9.85. The standard InChI is InChI=1S/C16H19NO4/c1-16(2,3)15-17-12(14(18)21-15)8-10-6-7-11(19-4)9-13(10)20-5/h6-9H,1-5H3/b12-8+. The van der Waals surface area contributed by atoms with Crippen LogP contribution in [-0.2, 0) is 9.53 Å². The maximum absolute atomic E-state index is 11.9. The largest absolute Gasteiger partial charge is 0.497 e. The zero-order valence-corrected chi connectivity index (χ0v) is 12.9. The van der Waals surface area contributed by atoms with Gasteiger partial charge in [0.2, 0.25) is 5.90 Å². The van der Waals surface area contributed by atoms with E-state index in [1.165, 1.54) is 0 Å². The number of benzene rings is 1. The predicted octanol–water partition coefficient (Wildman–Crippen LogP) is 3.05. The number of methoxy groups -OCH3 is 2. The highest BCUT2D eigenvalue weighted by atomic mass is 16.6. The number of carbonyl (C=O) groups is 1. The van der Waals surface area contributed by atoms with E-state index < -0.39 is 5.97 Å². The molecule has 0 amide bonds. The van der Waals surface area contributed by atoms with Crippen molar-refractivity contribution in [2.45, 2.75) is 20.8 Å². The fourth-order valence-electron chi connectivity index (χ4n) is 1.81. The Hall–Kier alpha value is -2.30. The molecular weight excluding hydrogens is 270 g/mol. The molecule has 1 heterocycles. The Morgan fingerprint density at radius 3 is 2.43 bits per heavy atom. The van der Waals surface area contributed by atoms with Crippen LogP contribution in [0.15, 0.2) is 28.9 Å². The molecule has 0 fully saturated rings. The van der Waals surface area contributed by atoms with Crippen LogP contribution in [0.4, 0.5) is 0 Å². The van der Waals surface area contributed by atoms with Gasteiger partial charge in [-0.25, -0.2) is 9.79 Å². The van der Waals surface area contributed by atoms with Gasteiger partial charge in [0.25, 0.3) is 0 Å². The summed E-state index contributed by atoms with van der Waals surface area (Å²) < 4.78 is 15.7. The van der Waals surface area contributed by atoms with Gasteiger partial charge in [-0.15, -0.1) is 0 Å². The van der Waals surface area contributed by atoms with Crippen LogP contribution in [0.2, 0.25) is 0 Å². The van der Waals surface area contributed by atoms with Crippen molar-refractivity contribution in [1.82, 2.24) is 0 Å². The summed E-state index contributed by atoms with van der Waals surface area (Å²) in [6.45, 7) is 5.82. The maximum atomic E-state index is 11.9. The Kier molecular flexibility index (Phi) is 4.02. The molecule has 0 saturated heterocycles. The van der Waals surface area contributed by atoms with E-state index in [0.717, 1.165) is 5.56 Å². The molecule has 1 aromatic carbocycles. The van der Waals surface area contributed by atoms with Crippen molar-refractivity contribution in [3.8, 4) is 11.5 Å². The molecule has 21 heavy (non-hydrogen) atoms. The first-order valence-corrected chi connectivity index (χ1v) is 6.60. The minimum atomic E-state index is -0.446. The number of nitrogens with zero attached hydrogens (tertiary/aromatic N) is 1. The highest BCUT2D eigenvalue weighted by Crippen LogP contribution is 2.30. The van der Waals surface area contributed by atoms with Crippen LogP contribution in [0.3, 0.4) is 0 Å². The van der Waals surface area contributed by atoms with Crippen molar-refractivity contribution >= 4 is 17.9 Å². The number of aliphatic imine (C=N–C) groups is 1. The molecule has 0 N–H and O–H groups in total. The molecule has 112 valence electrons. The summed E-state index contributed by atoms with van der Waals surface area (Å²) in [5, 5.41) is 0. The molecule has 5 heteroatoms. The number of rotatable bonds is 3. The van der Waals surface area contributed by atoms with Crippen molar-refractivity contribution in [1.29, 1.82) is 0 Å². The van der Waals surface area contributed by atoms with Gasteiger partial charge in [0.05, 0.1) is 14.2 Å². The van der Waals surface area contributed by atoms with Gasteiger partial charge in [0.15, 0.2) is 5.70 Å². The number of esters is 1. The molecular formula is C16H19NO4. The summed E-state index contributed by atoms with van der Waals surface area (Å²) in [6, 6.07) is 5.35. The molecule has 0 saturated carbocycles. The topological polar surface area (TPSA) is 57.1 Å². The third-order valence-electron chi connectivity index (χ3n) is 2.99. The lowest BCUT2D eigenvalue weighted by Crippen LogP contribution is -2.21. The van der Waals surface area contributed by atoms with E-state index in [9.17, 15) is 4.79 Å². The molecule has 2 rings (SSSR count). The van der Waals surface area contributed by atoms with Crippen molar-refractivity contribution in [2.24, 2.45) is 10.4 Å². The van der Waals surface area contributed by atoms with Crippen LogP contribution in [0, 0.1) is 5.41 Å². The zero-order valence-electron chi connectivity index (χ0n) is 12.9. The summed E-state index contributed by atoms with van der Waals surface area (Å²) >= 11 is 0. The molecule has 1 aliphatic heterocycles. The summed E-state index contributed by atoms with van der Waals surface area (Å²) in [7, 11) is 3.15. The van der Waals surface area contributed by atoms with Gasteiger partial charge in [0, 0.05) is 17.0 Å². The highest BCUT2D eigenvalue weighted by Gasteiger charge is 2.31. The van der Waals surface area contributed by atoms with Crippen LogP contribution in [0.5, 0.6) is 11.5 Å². The van der Waals surface area contributed by atoms with Gasteiger partial charge in [-0.3, -0.25) is 0 Å². The van der Waals surface area contributed by atoms with Crippen LogP contribution >= 0.6 is 0 Å². The Morgan fingerprint density at radius 2 is 1.90 bits per heavy atom. The second-order valence-electron chi connectivity index (χ2n) is 5.69. The minimum Gasteiger partial charge on any atom is -0.497 e. The smallest absolute Gasteiger partial charge is 0.363 e. The molecule has 0 radical (unpaired) electrons. The van der Waals surface area contributed by atoms with Crippen LogP contribution in [0.25, 0.3) is 6.08 Å². The maximum Gasteiger partial charge on any atom is 0.363 e. The molecule has 1 aromatic rings. The second-order valence-corrected chi connectivity index (χ2v) is 5.69. The quantitative estimate of drug-likeness (QED) is 0.634. The molecule has 0 aliphatic carbocycles. The van der Waals surface area contributed by atoms with Gasteiger partial charge < -0.3 is 14.2 Å². The zero-order chi connectivity index (χ0) is 15.6. The Balaban J connectivity index is 2.40. The first-order valence-electron chi connectivity index (χ1n) is 6.60. The first kappa shape index (κ1) is 15.1. The highest BCUT2D eigenvalue weighted by molar-refractivity contribution is 6.08. The van der Waals surface area contributed by atoms with Crippen molar-refractivity contribution in [3.63, 3.8) is 0 Å². The monoisotopic (exact) mass is 289 g/mol. The summed E-state index contributed by atoms with van der Waals surface area (Å²) in [4.78, 5) is 16.2. The predicted molar refractivity (Wildman–Crippen MR) is 80.5 cm³/mol. The van der Waals surface area contributed by atoms with Gasteiger partial charge in [-0.05, 0) is 18.2 Å². The van der Waals surface area contributed by atoms with Crippen molar-refractivity contribution < 1.29 is 19.0 Å². The molecule has 0 bridgehead atoms. The molecule has 5 nitrogen and oxygen atoms in total. The number of hydrogen-bond donors (Lipinski definition) is 0. The van der Waals surface area contributed by atoms with Gasteiger partial charge >= 0.3 is 5.97 Å². The third kappa shape index (κ3) is 3.24. The van der Waals surface area contributed by atoms with Gasteiger partial charge in [-0.1, -0.05) is 20.8 Å². The molecule has 0 atom stereocenters. The van der Waals surface area contributed by atoms with E-state index in [1.807, 2.05) is 26.8 Å². The second kappa shape index (κ2) is 5.60. The third-order valence-corrected chi connectivity index (χ3v) is 2.99. The Bertz CT molecular complexity index is 624. The fourth-order valence-corrected chi connectivity index (χ4v) is 1.81. The average Bonchev–Trinajstić information content (AvgIpc) is 2.80. The van der Waals surface area contributed by atoms with E-state index in [-0.39, 0.29) is 11.1 Å². The van der Waals surface area contributed by atoms with E-state index >= 15 is 0 Å². The SMILES string of the molecule is COc1ccc(/C=C2/N=C(C(C)(C)C)OC2=O)c(OC)c1. The normalized spacial score (nSPS) is 16.7. The summed E-state index contributed by atoms with van der Waals surface area (Å²) in [5.41, 5.74) is 0.697. The molecule has 0 spiro atoms. The number of ether oxygens (including phenoxy) is 3. The van der Waals surface area contributed by atoms with Crippen LogP contribution in [0.1, 0.15) is 26.3 Å². The number of hydrogen-bond acceptors (Lipinski definition) is 5. The van der Waals surface area contributed by atoms with E-state index in [0.29, 0.717) is 17.4 Å². The summed E-state index contributed by atoms with van der Waals surface area (Å²) in [5.74, 6) is 1.26. The lowest BCUT2D eigenvalue weighted by atomic mass is 9.97. The van der Waals surface area contributed by atoms with E-state index in [2.05, 4.69) is 4.99 Å². The molecule has 0 unspecified atom stereocenters. The number of cyclic esters (lactones) is 1. The number of carbonyl (C=O) groups excluding carboxylic acids is 1. The van der Waals surface area contributed by atoms with Gasteiger partial charge in [-0.2, -0.15) is 0 Å². The van der Waals surface area contributed by atoms with Crippen molar-refractivity contribution in [3.05, 3.63) is 29.5 Å². The minimum absolute atomic E-state index is 0.267. The fraction of sp³-hybridized carbons (Fsp3) is 0.375. The van der Waals surface area contributed by atoms with E-state index in [1.54, 1.807) is 32.4 Å². The molecule has 0 aromatic heterocycles. The Morgan fingerprint density at radius 1 is 1.19 bits per heavy atom. The van der Waals surface area contributed by atoms with E-state index in [4.69, 9.17) is 14.2 Å². The van der Waals surface area contributed by atoms with Gasteiger partial charge in [0.1, 0.15) is 11.5 Å². The average molecular weight is 289 g/mol.